The first-order chi connectivity index (χ1) is 10.9. The number of hydrogen-bond donors (Lipinski definition) is 0. The average molecular weight is 331 g/mol. The fourth-order valence-electron chi connectivity index (χ4n) is 3.68. The van der Waals surface area contributed by atoms with E-state index in [9.17, 15) is 0 Å². The van der Waals surface area contributed by atoms with Crippen LogP contribution in [0.4, 0.5) is 0 Å². The highest BCUT2D eigenvalue weighted by molar-refractivity contribution is 6.90. The van der Waals surface area contributed by atoms with Crippen LogP contribution in [-0.2, 0) is 11.3 Å². The molecule has 0 saturated heterocycles. The number of ether oxygens (including phenoxy) is 1. The monoisotopic (exact) mass is 330 g/mol. The van der Waals surface area contributed by atoms with Crippen LogP contribution in [0.2, 0.25) is 16.6 Å². The summed E-state index contributed by atoms with van der Waals surface area (Å²) in [6.07, 6.45) is 1.98. The zero-order valence-electron chi connectivity index (χ0n) is 15.9. The van der Waals surface area contributed by atoms with Crippen LogP contribution in [0.15, 0.2) is 30.3 Å². The van der Waals surface area contributed by atoms with Crippen LogP contribution in [-0.4, -0.2) is 14.7 Å². The molecule has 0 spiro atoms. The molecule has 0 bridgehead atoms. The van der Waals surface area contributed by atoms with Gasteiger partial charge in [-0.2, -0.15) is 0 Å². The Bertz CT molecular complexity index is 472. The molecule has 0 heterocycles. The fourth-order valence-corrected chi connectivity index (χ4v) is 8.97. The number of rotatable bonds is 8. The minimum absolute atomic E-state index is 0.705. The van der Waals surface area contributed by atoms with Gasteiger partial charge in [-0.3, -0.25) is 0 Å². The van der Waals surface area contributed by atoms with Crippen molar-refractivity contribution in [2.24, 2.45) is 0 Å². The summed E-state index contributed by atoms with van der Waals surface area (Å²) in [5.74, 6) is 3.50. The molecule has 0 atom stereocenters. The van der Waals surface area contributed by atoms with Crippen LogP contribution in [0, 0.1) is 11.5 Å². The molecule has 0 aliphatic carbocycles. The molecule has 23 heavy (non-hydrogen) atoms. The van der Waals surface area contributed by atoms with E-state index in [2.05, 4.69) is 77.3 Å². The Kier molecular flexibility index (Phi) is 8.66. The molecule has 0 aromatic heterocycles. The van der Waals surface area contributed by atoms with Gasteiger partial charge in [-0.25, -0.2) is 0 Å². The predicted octanol–water partition coefficient (Wildman–Crippen LogP) is 6.20. The molecule has 2 heteroatoms. The lowest BCUT2D eigenvalue weighted by Gasteiger charge is -2.38. The highest BCUT2D eigenvalue weighted by Gasteiger charge is 2.41. The van der Waals surface area contributed by atoms with E-state index in [4.69, 9.17) is 4.74 Å². The summed E-state index contributed by atoms with van der Waals surface area (Å²) in [7, 11) is -1.55. The highest BCUT2D eigenvalue weighted by Crippen LogP contribution is 2.40. The lowest BCUT2D eigenvalue weighted by atomic mass is 10.2. The summed E-state index contributed by atoms with van der Waals surface area (Å²) in [6, 6.07) is 10.4. The van der Waals surface area contributed by atoms with E-state index >= 15 is 0 Å². The minimum atomic E-state index is -1.55. The van der Waals surface area contributed by atoms with Crippen molar-refractivity contribution in [1.29, 1.82) is 0 Å². The maximum Gasteiger partial charge on any atom is 0.145 e. The highest BCUT2D eigenvalue weighted by atomic mass is 28.3. The zero-order chi connectivity index (χ0) is 17.3. The van der Waals surface area contributed by atoms with E-state index in [1.54, 1.807) is 0 Å². The van der Waals surface area contributed by atoms with Crippen molar-refractivity contribution in [3.8, 4) is 11.5 Å². The first kappa shape index (κ1) is 20.0. The molecule has 0 N–H and O–H groups in total. The molecule has 1 aromatic carbocycles. The van der Waals surface area contributed by atoms with Gasteiger partial charge in [0.15, 0.2) is 0 Å². The van der Waals surface area contributed by atoms with Gasteiger partial charge in [-0.05, 0) is 28.6 Å². The van der Waals surface area contributed by atoms with Crippen LogP contribution < -0.4 is 0 Å². The minimum Gasteiger partial charge on any atom is -0.377 e. The molecule has 0 aliphatic rings. The van der Waals surface area contributed by atoms with Crippen LogP contribution in [0.25, 0.3) is 0 Å². The third kappa shape index (κ3) is 5.83. The Morgan fingerprint density at radius 1 is 0.913 bits per heavy atom. The maximum atomic E-state index is 5.74. The first-order valence-electron chi connectivity index (χ1n) is 9.03. The summed E-state index contributed by atoms with van der Waals surface area (Å²) in [5.41, 5.74) is 7.15. The molecule has 0 unspecified atom stereocenters. The molecule has 0 fully saturated rings. The van der Waals surface area contributed by atoms with Crippen molar-refractivity contribution in [3.63, 3.8) is 0 Å². The van der Waals surface area contributed by atoms with Crippen LogP contribution in [0.3, 0.4) is 0 Å². The molecule has 0 aliphatic heterocycles. The molecule has 128 valence electrons. The first-order valence-corrected chi connectivity index (χ1v) is 11.3. The molecule has 1 aromatic rings. The van der Waals surface area contributed by atoms with E-state index in [-0.39, 0.29) is 0 Å². The lowest BCUT2D eigenvalue weighted by molar-refractivity contribution is 0.119. The summed E-state index contributed by atoms with van der Waals surface area (Å²) < 4.78 is 5.74. The molecular weight excluding hydrogens is 296 g/mol. The zero-order valence-corrected chi connectivity index (χ0v) is 16.9. The van der Waals surface area contributed by atoms with Crippen molar-refractivity contribution in [2.75, 3.05) is 6.61 Å². The standard InChI is InChI=1S/C21H34OSi/c1-18(2)23(19(3)4,20(5)6)16-12-8-11-15-22-17-21-13-9-7-10-14-21/h7,9-10,13-14,18-20H,8,11,15,17H2,1-6H3. The van der Waals surface area contributed by atoms with Gasteiger partial charge >= 0.3 is 0 Å². The van der Waals surface area contributed by atoms with E-state index in [1.165, 1.54) is 5.56 Å². The smallest absolute Gasteiger partial charge is 0.145 e. The largest absolute Gasteiger partial charge is 0.377 e. The Morgan fingerprint density at radius 3 is 2.00 bits per heavy atom. The molecule has 0 radical (unpaired) electrons. The van der Waals surface area contributed by atoms with Crippen molar-refractivity contribution >= 4 is 8.07 Å². The third-order valence-corrected chi connectivity index (χ3v) is 11.2. The SMILES string of the molecule is CC(C)[Si](C#CCCCOCc1ccccc1)(C(C)C)C(C)C. The van der Waals surface area contributed by atoms with E-state index < -0.39 is 8.07 Å². The number of benzene rings is 1. The molecule has 1 nitrogen and oxygen atoms in total. The summed E-state index contributed by atoms with van der Waals surface area (Å²) >= 11 is 0. The number of unbranched alkanes of at least 4 members (excludes halogenated alkanes) is 1. The fraction of sp³-hybridized carbons (Fsp3) is 0.619. The van der Waals surface area contributed by atoms with Gasteiger partial charge in [0.05, 0.1) is 6.61 Å². The van der Waals surface area contributed by atoms with Gasteiger partial charge < -0.3 is 4.74 Å². The Balaban J connectivity index is 2.43. The van der Waals surface area contributed by atoms with E-state index in [0.29, 0.717) is 23.2 Å². The Hall–Kier alpha value is -1.04. The summed E-state index contributed by atoms with van der Waals surface area (Å²) in [6.45, 7) is 15.7. The van der Waals surface area contributed by atoms with Crippen LogP contribution in [0.1, 0.15) is 59.9 Å². The van der Waals surface area contributed by atoms with Gasteiger partial charge in [0.25, 0.3) is 0 Å². The van der Waals surface area contributed by atoms with Crippen molar-refractivity contribution < 1.29 is 4.74 Å². The molecule has 0 amide bonds. The van der Waals surface area contributed by atoms with Gasteiger partial charge in [-0.1, -0.05) is 71.9 Å². The van der Waals surface area contributed by atoms with Crippen molar-refractivity contribution in [2.45, 2.75) is 77.6 Å². The summed E-state index contributed by atoms with van der Waals surface area (Å²) in [5, 5.41) is 0. The van der Waals surface area contributed by atoms with Gasteiger partial charge in [0, 0.05) is 13.0 Å². The molecular formula is C21H34OSi. The third-order valence-electron chi connectivity index (χ3n) is 4.87. The molecule has 0 saturated carbocycles. The second kappa shape index (κ2) is 9.95. The normalized spacial score (nSPS) is 11.9. The second-order valence-corrected chi connectivity index (χ2v) is 12.9. The van der Waals surface area contributed by atoms with Crippen LogP contribution >= 0.6 is 0 Å². The Morgan fingerprint density at radius 2 is 1.48 bits per heavy atom. The topological polar surface area (TPSA) is 9.23 Å². The summed E-state index contributed by atoms with van der Waals surface area (Å²) in [4.78, 5) is 0. The predicted molar refractivity (Wildman–Crippen MR) is 104 cm³/mol. The average Bonchev–Trinajstić information content (AvgIpc) is 2.50. The van der Waals surface area contributed by atoms with Gasteiger partial charge in [0.2, 0.25) is 0 Å². The van der Waals surface area contributed by atoms with E-state index in [0.717, 1.165) is 19.4 Å². The van der Waals surface area contributed by atoms with Crippen LogP contribution in [0.5, 0.6) is 0 Å². The van der Waals surface area contributed by atoms with Crippen molar-refractivity contribution in [1.82, 2.24) is 0 Å². The number of hydrogen-bond acceptors (Lipinski definition) is 1. The van der Waals surface area contributed by atoms with Gasteiger partial charge in [0.1, 0.15) is 8.07 Å². The second-order valence-electron chi connectivity index (χ2n) is 7.34. The Labute approximate surface area is 144 Å². The maximum absolute atomic E-state index is 5.74. The van der Waals surface area contributed by atoms with Gasteiger partial charge in [-0.15, -0.1) is 11.5 Å². The quantitative estimate of drug-likeness (QED) is 0.313. The van der Waals surface area contributed by atoms with Crippen molar-refractivity contribution in [3.05, 3.63) is 35.9 Å². The lowest BCUT2D eigenvalue weighted by Crippen LogP contribution is -2.43. The van der Waals surface area contributed by atoms with E-state index in [1.807, 2.05) is 6.07 Å². The molecule has 1 rings (SSSR count).